The lowest BCUT2D eigenvalue weighted by Gasteiger charge is -2.14. The molecule has 1 rings (SSSR count). The molecule has 6 heteroatoms. The molecule has 0 saturated carbocycles. The van der Waals surface area contributed by atoms with E-state index in [9.17, 15) is 0 Å². The number of hydrogen-bond donors (Lipinski definition) is 2. The van der Waals surface area contributed by atoms with Gasteiger partial charge < -0.3 is 5.84 Å². The molecule has 4 N–H and O–H groups in total. The first-order valence-corrected chi connectivity index (χ1v) is 4.33. The highest BCUT2D eigenvalue weighted by atomic mass is 35.5. The first-order valence-electron chi connectivity index (χ1n) is 3.95. The predicted octanol–water partition coefficient (Wildman–Crippen LogP) is 0.469. The second-order valence-corrected chi connectivity index (χ2v) is 3.31. The van der Waals surface area contributed by atoms with Crippen molar-refractivity contribution in [2.24, 2.45) is 16.8 Å². The van der Waals surface area contributed by atoms with Gasteiger partial charge in [-0.25, -0.2) is 5.84 Å². The Kier molecular flexibility index (Phi) is 3.27. The maximum absolute atomic E-state index is 5.97. The van der Waals surface area contributed by atoms with E-state index < -0.39 is 0 Å². The number of aromatic nitrogens is 1. The number of rotatable bonds is 1. The Morgan fingerprint density at radius 2 is 2.29 bits per heavy atom. The summed E-state index contributed by atoms with van der Waals surface area (Å²) in [6.45, 7) is 1.90. The smallest absolute Gasteiger partial charge is 0.189 e. The monoisotopic (exact) mass is 213 g/mol. The number of pyridine rings is 1. The van der Waals surface area contributed by atoms with Crippen molar-refractivity contribution in [3.8, 4) is 0 Å². The second kappa shape index (κ2) is 4.26. The topological polar surface area (TPSA) is 80.5 Å². The highest BCUT2D eigenvalue weighted by Gasteiger charge is 2.12. The third kappa shape index (κ3) is 2.12. The molecule has 1 heterocycles. The van der Waals surface area contributed by atoms with Gasteiger partial charge >= 0.3 is 0 Å². The Balaban J connectivity index is 3.19. The summed E-state index contributed by atoms with van der Waals surface area (Å²) in [6, 6.07) is 1.78. The van der Waals surface area contributed by atoms with Crippen molar-refractivity contribution in [1.82, 2.24) is 9.99 Å². The van der Waals surface area contributed by atoms with Crippen LogP contribution in [0.3, 0.4) is 0 Å². The molecule has 0 aliphatic heterocycles. The van der Waals surface area contributed by atoms with Crippen LogP contribution in [0.1, 0.15) is 11.3 Å². The normalized spacial score (nSPS) is 11.6. The Morgan fingerprint density at radius 1 is 1.64 bits per heavy atom. The van der Waals surface area contributed by atoms with Crippen molar-refractivity contribution in [3.63, 3.8) is 0 Å². The van der Waals surface area contributed by atoms with Gasteiger partial charge in [0.2, 0.25) is 0 Å². The second-order valence-electron chi connectivity index (χ2n) is 2.91. The van der Waals surface area contributed by atoms with Crippen LogP contribution in [0.4, 0.5) is 0 Å². The molecule has 0 aliphatic rings. The quantitative estimate of drug-likeness (QED) is 0.308. The summed E-state index contributed by atoms with van der Waals surface area (Å²) in [7, 11) is 1.61. The molecular formula is C8H12ClN5. The van der Waals surface area contributed by atoms with Crippen molar-refractivity contribution in [1.29, 1.82) is 0 Å². The average Bonchev–Trinajstić information content (AvgIpc) is 2.09. The van der Waals surface area contributed by atoms with E-state index in [1.54, 1.807) is 19.3 Å². The van der Waals surface area contributed by atoms with E-state index >= 15 is 0 Å². The first-order chi connectivity index (χ1) is 6.56. The van der Waals surface area contributed by atoms with Gasteiger partial charge in [-0.15, -0.1) is 0 Å². The van der Waals surface area contributed by atoms with E-state index in [2.05, 4.69) is 10.1 Å². The minimum absolute atomic E-state index is 0.343. The fourth-order valence-corrected chi connectivity index (χ4v) is 1.32. The molecule has 5 nitrogen and oxygen atoms in total. The van der Waals surface area contributed by atoms with Crippen LogP contribution in [0.25, 0.3) is 0 Å². The van der Waals surface area contributed by atoms with Crippen molar-refractivity contribution in [2.75, 3.05) is 7.05 Å². The lowest BCUT2D eigenvalue weighted by Crippen LogP contribution is -2.35. The fraction of sp³-hybridized carbons (Fsp3) is 0.250. The van der Waals surface area contributed by atoms with Gasteiger partial charge in [-0.05, 0) is 18.6 Å². The van der Waals surface area contributed by atoms with Crippen LogP contribution in [0.2, 0.25) is 5.02 Å². The molecule has 76 valence electrons. The summed E-state index contributed by atoms with van der Waals surface area (Å²) < 4.78 is 0. The van der Waals surface area contributed by atoms with Gasteiger partial charge in [0, 0.05) is 13.2 Å². The summed E-state index contributed by atoms with van der Waals surface area (Å²) in [5.74, 6) is 11.0. The number of hydrogen-bond acceptors (Lipinski definition) is 4. The van der Waals surface area contributed by atoms with Crippen LogP contribution >= 0.6 is 11.6 Å². The molecule has 0 aliphatic carbocycles. The summed E-state index contributed by atoms with van der Waals surface area (Å²) in [4.78, 5) is 4.11. The van der Waals surface area contributed by atoms with Crippen LogP contribution in [0.15, 0.2) is 17.4 Å². The molecule has 0 amide bonds. The summed E-state index contributed by atoms with van der Waals surface area (Å²) in [6.07, 6.45) is 1.68. The zero-order valence-electron chi connectivity index (χ0n) is 8.03. The number of nitrogens with zero attached hydrogens (tertiary/aromatic N) is 3. The number of hydrazone groups is 1. The first kappa shape index (κ1) is 10.7. The SMILES string of the molecule is Cc1cnc(/C(=N/N)N(C)N)c(Cl)c1. The molecule has 0 saturated heterocycles. The van der Waals surface area contributed by atoms with Gasteiger partial charge in [-0.2, -0.15) is 5.10 Å². The fourth-order valence-electron chi connectivity index (χ4n) is 1.02. The zero-order chi connectivity index (χ0) is 10.7. The van der Waals surface area contributed by atoms with Crippen molar-refractivity contribution in [3.05, 3.63) is 28.5 Å². The predicted molar refractivity (Wildman–Crippen MR) is 56.7 cm³/mol. The zero-order valence-corrected chi connectivity index (χ0v) is 8.78. The Labute approximate surface area is 87.3 Å². The van der Waals surface area contributed by atoms with Gasteiger partial charge in [0.05, 0.1) is 5.02 Å². The maximum Gasteiger partial charge on any atom is 0.189 e. The van der Waals surface area contributed by atoms with Crippen LogP contribution in [0, 0.1) is 6.92 Å². The molecule has 1 aromatic heterocycles. The maximum atomic E-state index is 5.97. The van der Waals surface area contributed by atoms with Gasteiger partial charge in [-0.1, -0.05) is 11.6 Å². The van der Waals surface area contributed by atoms with Crippen LogP contribution in [-0.2, 0) is 0 Å². The minimum Gasteiger partial charge on any atom is -0.321 e. The molecule has 0 unspecified atom stereocenters. The molecule has 0 bridgehead atoms. The number of aryl methyl sites for hydroxylation is 1. The highest BCUT2D eigenvalue weighted by Crippen LogP contribution is 2.15. The van der Waals surface area contributed by atoms with E-state index in [1.165, 1.54) is 5.01 Å². The molecule has 0 aromatic carbocycles. The standard InChI is InChI=1S/C8H12ClN5/c1-5-3-6(9)7(12-4-5)8(13-10)14(2)11/h3-4H,10-11H2,1-2H3/b13-8-. The van der Waals surface area contributed by atoms with E-state index in [1.807, 2.05) is 6.92 Å². The molecular weight excluding hydrogens is 202 g/mol. The third-order valence-electron chi connectivity index (χ3n) is 1.65. The number of amidine groups is 1. The van der Waals surface area contributed by atoms with E-state index in [0.29, 0.717) is 16.6 Å². The Morgan fingerprint density at radius 3 is 2.71 bits per heavy atom. The molecule has 0 atom stereocenters. The average molecular weight is 214 g/mol. The highest BCUT2D eigenvalue weighted by molar-refractivity contribution is 6.33. The molecule has 14 heavy (non-hydrogen) atoms. The van der Waals surface area contributed by atoms with Crippen molar-refractivity contribution >= 4 is 17.4 Å². The molecule has 0 radical (unpaired) electrons. The van der Waals surface area contributed by atoms with Crippen LogP contribution in [0.5, 0.6) is 0 Å². The van der Waals surface area contributed by atoms with E-state index in [-0.39, 0.29) is 0 Å². The Bertz CT molecular complexity index is 361. The third-order valence-corrected chi connectivity index (χ3v) is 1.93. The molecule has 1 aromatic rings. The minimum atomic E-state index is 0.343. The van der Waals surface area contributed by atoms with Crippen molar-refractivity contribution < 1.29 is 0 Å². The Hall–Kier alpha value is -1.33. The van der Waals surface area contributed by atoms with Crippen LogP contribution in [-0.4, -0.2) is 22.9 Å². The van der Waals surface area contributed by atoms with Crippen molar-refractivity contribution in [2.45, 2.75) is 6.92 Å². The number of hydrazine groups is 1. The number of halogens is 1. The number of nitrogens with two attached hydrogens (primary N) is 2. The summed E-state index contributed by atoms with van der Waals surface area (Å²) >= 11 is 5.97. The lowest BCUT2D eigenvalue weighted by atomic mass is 10.2. The van der Waals surface area contributed by atoms with Gasteiger partial charge in [0.15, 0.2) is 5.84 Å². The van der Waals surface area contributed by atoms with E-state index in [4.69, 9.17) is 23.3 Å². The lowest BCUT2D eigenvalue weighted by molar-refractivity contribution is 0.535. The molecule has 0 fully saturated rings. The van der Waals surface area contributed by atoms with Gasteiger partial charge in [-0.3, -0.25) is 9.99 Å². The summed E-state index contributed by atoms with van der Waals surface area (Å²) in [5.41, 5.74) is 1.44. The van der Waals surface area contributed by atoms with Crippen LogP contribution < -0.4 is 11.7 Å². The van der Waals surface area contributed by atoms with Gasteiger partial charge in [0.25, 0.3) is 0 Å². The largest absolute Gasteiger partial charge is 0.321 e. The van der Waals surface area contributed by atoms with Gasteiger partial charge in [0.1, 0.15) is 5.69 Å². The summed E-state index contributed by atoms with van der Waals surface area (Å²) in [5, 5.41) is 5.26. The van der Waals surface area contributed by atoms with E-state index in [0.717, 1.165) is 5.56 Å². The molecule has 0 spiro atoms.